The van der Waals surface area contributed by atoms with Crippen LogP contribution >= 0.6 is 0 Å². The van der Waals surface area contributed by atoms with Gasteiger partial charge in [0.05, 0.1) is 11.6 Å². The van der Waals surface area contributed by atoms with Crippen LogP contribution in [-0.2, 0) is 16.1 Å². The number of hydrogen-bond acceptors (Lipinski definition) is 8. The predicted molar refractivity (Wildman–Crippen MR) is 95.1 cm³/mol. The van der Waals surface area contributed by atoms with Crippen molar-refractivity contribution in [1.29, 1.82) is 0 Å². The predicted octanol–water partition coefficient (Wildman–Crippen LogP) is 1.28. The molecule has 0 bridgehead atoms. The van der Waals surface area contributed by atoms with E-state index < -0.39 is 11.9 Å². The van der Waals surface area contributed by atoms with Gasteiger partial charge in [-0.2, -0.15) is 4.98 Å². The van der Waals surface area contributed by atoms with Gasteiger partial charge in [-0.25, -0.2) is 9.59 Å². The summed E-state index contributed by atoms with van der Waals surface area (Å²) < 4.78 is 5.39. The van der Waals surface area contributed by atoms with Crippen molar-refractivity contribution >= 4 is 11.9 Å². The second-order valence-corrected chi connectivity index (χ2v) is 6.02. The third kappa shape index (κ3) is 4.95. The molecule has 1 saturated heterocycles. The lowest BCUT2D eigenvalue weighted by Gasteiger charge is -2.36. The summed E-state index contributed by atoms with van der Waals surface area (Å²) in [6.45, 7) is 2.71. The number of likely N-dealkylation sites (tertiary alicyclic amines) is 1. The summed E-state index contributed by atoms with van der Waals surface area (Å²) in [5.41, 5.74) is 1.96. The summed E-state index contributed by atoms with van der Waals surface area (Å²) in [6.07, 6.45) is 5.29. The Labute approximate surface area is 159 Å². The highest BCUT2D eigenvalue weighted by Gasteiger charge is 2.32. The maximum Gasteiger partial charge on any atom is 0.414 e. The summed E-state index contributed by atoms with van der Waals surface area (Å²) in [6, 6.07) is 9.78. The molecule has 1 fully saturated rings. The first-order valence-corrected chi connectivity index (χ1v) is 8.35. The van der Waals surface area contributed by atoms with Crippen LogP contribution in [0, 0.1) is 0 Å². The highest BCUT2D eigenvalue weighted by Crippen LogP contribution is 2.28. The summed E-state index contributed by atoms with van der Waals surface area (Å²) in [5, 5.41) is 18.8. The molecule has 0 amide bonds. The maximum absolute atomic E-state index is 9.10. The van der Waals surface area contributed by atoms with E-state index in [2.05, 4.69) is 25.0 Å². The van der Waals surface area contributed by atoms with E-state index in [0.717, 1.165) is 30.9 Å². The summed E-state index contributed by atoms with van der Waals surface area (Å²) >= 11 is 0. The van der Waals surface area contributed by atoms with Crippen molar-refractivity contribution in [1.82, 2.24) is 25.0 Å². The second kappa shape index (κ2) is 8.82. The lowest BCUT2D eigenvalue weighted by Crippen LogP contribution is -2.44. The molecular formula is C18H17N5O5. The largest absolute Gasteiger partial charge is 0.473 e. The number of carbonyl (C=O) groups is 2. The average molecular weight is 383 g/mol. The second-order valence-electron chi connectivity index (χ2n) is 6.02. The van der Waals surface area contributed by atoms with E-state index in [1.165, 1.54) is 0 Å². The van der Waals surface area contributed by atoms with Gasteiger partial charge in [-0.05, 0) is 24.3 Å². The van der Waals surface area contributed by atoms with Crippen molar-refractivity contribution in [3.8, 4) is 11.4 Å². The molecule has 3 aromatic rings. The van der Waals surface area contributed by atoms with Crippen molar-refractivity contribution < 1.29 is 24.3 Å². The van der Waals surface area contributed by atoms with Gasteiger partial charge in [-0.15, -0.1) is 0 Å². The van der Waals surface area contributed by atoms with E-state index in [4.69, 9.17) is 24.3 Å². The molecular weight excluding hydrogens is 366 g/mol. The highest BCUT2D eigenvalue weighted by molar-refractivity contribution is 6.27. The molecule has 0 unspecified atom stereocenters. The van der Waals surface area contributed by atoms with Crippen LogP contribution in [0.1, 0.15) is 17.5 Å². The van der Waals surface area contributed by atoms with E-state index in [1.54, 1.807) is 12.4 Å². The van der Waals surface area contributed by atoms with Crippen LogP contribution in [0.2, 0.25) is 0 Å². The summed E-state index contributed by atoms with van der Waals surface area (Å²) in [7, 11) is 0. The number of hydrogen-bond donors (Lipinski definition) is 2. The van der Waals surface area contributed by atoms with Crippen LogP contribution in [0.3, 0.4) is 0 Å². The smallest absolute Gasteiger partial charge is 0.414 e. The third-order valence-electron chi connectivity index (χ3n) is 3.96. The maximum atomic E-state index is 9.10. The molecule has 4 rings (SSSR count). The van der Waals surface area contributed by atoms with Gasteiger partial charge in [-0.3, -0.25) is 14.9 Å². The zero-order chi connectivity index (χ0) is 19.9. The first-order valence-electron chi connectivity index (χ1n) is 8.35. The van der Waals surface area contributed by atoms with Crippen molar-refractivity contribution in [2.75, 3.05) is 13.1 Å². The zero-order valence-corrected chi connectivity index (χ0v) is 14.7. The van der Waals surface area contributed by atoms with Crippen LogP contribution in [0.15, 0.2) is 53.4 Å². The van der Waals surface area contributed by atoms with E-state index in [0.29, 0.717) is 17.6 Å². The van der Waals surface area contributed by atoms with Crippen LogP contribution in [0.5, 0.6) is 0 Å². The standard InChI is InChI=1S/C16H15N5O.C2H2O4/c1-2-7-18-14(5-1)11-21-9-13(10-21)16-19-15(20-22-16)12-4-3-6-17-8-12;3-1(4)2(5)6/h1-8,13H,9-11H2;(H,3,4)(H,5,6). The molecule has 0 atom stereocenters. The number of carboxylic acid groups (broad SMARTS) is 2. The highest BCUT2D eigenvalue weighted by atomic mass is 16.5. The molecule has 144 valence electrons. The molecule has 28 heavy (non-hydrogen) atoms. The molecule has 0 spiro atoms. The molecule has 1 aliphatic rings. The molecule has 4 heterocycles. The van der Waals surface area contributed by atoms with Gasteiger partial charge >= 0.3 is 11.9 Å². The monoisotopic (exact) mass is 383 g/mol. The van der Waals surface area contributed by atoms with E-state index in [9.17, 15) is 0 Å². The van der Waals surface area contributed by atoms with Crippen LogP contribution in [0.4, 0.5) is 0 Å². The fourth-order valence-electron chi connectivity index (χ4n) is 2.59. The molecule has 0 saturated carbocycles. The number of aromatic nitrogens is 4. The van der Waals surface area contributed by atoms with Crippen LogP contribution in [-0.4, -0.2) is 60.2 Å². The molecule has 2 N–H and O–H groups in total. The first kappa shape index (κ1) is 19.1. The summed E-state index contributed by atoms with van der Waals surface area (Å²) in [4.78, 5) is 33.4. The van der Waals surface area contributed by atoms with Crippen LogP contribution in [0.25, 0.3) is 11.4 Å². The summed E-state index contributed by atoms with van der Waals surface area (Å²) in [5.74, 6) is -2.03. The Kier molecular flexibility index (Phi) is 6.02. The molecule has 10 heteroatoms. The SMILES string of the molecule is O=C(O)C(=O)O.c1ccc(CN2CC(c3nc(-c4cccnc4)no3)C2)nc1. The molecule has 0 radical (unpaired) electrons. The Bertz CT molecular complexity index is 914. The van der Waals surface area contributed by atoms with Gasteiger partial charge in [0.1, 0.15) is 0 Å². The topological polar surface area (TPSA) is 143 Å². The van der Waals surface area contributed by atoms with Crippen molar-refractivity contribution in [3.05, 3.63) is 60.5 Å². The van der Waals surface area contributed by atoms with Crippen LogP contribution < -0.4 is 0 Å². The minimum Gasteiger partial charge on any atom is -0.473 e. The number of rotatable bonds is 4. The molecule has 3 aromatic heterocycles. The first-order chi connectivity index (χ1) is 13.5. The van der Waals surface area contributed by atoms with Crippen molar-refractivity contribution in [3.63, 3.8) is 0 Å². The minimum absolute atomic E-state index is 0.307. The van der Waals surface area contributed by atoms with E-state index in [-0.39, 0.29) is 0 Å². The Morgan fingerprint density at radius 3 is 2.50 bits per heavy atom. The Balaban J connectivity index is 0.000000330. The molecule has 0 aromatic carbocycles. The Morgan fingerprint density at radius 2 is 1.89 bits per heavy atom. The minimum atomic E-state index is -1.82. The number of pyridine rings is 2. The normalized spacial score (nSPS) is 13.9. The van der Waals surface area contributed by atoms with E-state index in [1.807, 2.05) is 36.5 Å². The van der Waals surface area contributed by atoms with Gasteiger partial charge in [0, 0.05) is 43.8 Å². The lowest BCUT2D eigenvalue weighted by molar-refractivity contribution is -0.159. The Morgan fingerprint density at radius 1 is 1.11 bits per heavy atom. The Hall–Kier alpha value is -3.66. The van der Waals surface area contributed by atoms with Gasteiger partial charge in [-0.1, -0.05) is 11.2 Å². The van der Waals surface area contributed by atoms with Gasteiger partial charge in [0.15, 0.2) is 0 Å². The zero-order valence-electron chi connectivity index (χ0n) is 14.7. The number of nitrogens with zero attached hydrogens (tertiary/aromatic N) is 5. The molecule has 0 aliphatic carbocycles. The van der Waals surface area contributed by atoms with Gasteiger partial charge in [0.2, 0.25) is 11.7 Å². The fraction of sp³-hybridized carbons (Fsp3) is 0.222. The lowest BCUT2D eigenvalue weighted by atomic mass is 10.00. The number of aliphatic carboxylic acids is 2. The quantitative estimate of drug-likeness (QED) is 0.632. The third-order valence-corrected chi connectivity index (χ3v) is 3.96. The molecule has 10 nitrogen and oxygen atoms in total. The van der Waals surface area contributed by atoms with Gasteiger partial charge in [0.25, 0.3) is 0 Å². The van der Waals surface area contributed by atoms with Crippen molar-refractivity contribution in [2.45, 2.75) is 12.5 Å². The van der Waals surface area contributed by atoms with Crippen molar-refractivity contribution in [2.24, 2.45) is 0 Å². The fourth-order valence-corrected chi connectivity index (χ4v) is 2.59. The number of carboxylic acids is 2. The van der Waals surface area contributed by atoms with E-state index >= 15 is 0 Å². The molecule has 1 aliphatic heterocycles. The average Bonchev–Trinajstić information content (AvgIpc) is 3.16. The van der Waals surface area contributed by atoms with Gasteiger partial charge < -0.3 is 14.7 Å².